The van der Waals surface area contributed by atoms with E-state index in [9.17, 15) is 0 Å². The van der Waals surface area contributed by atoms with Gasteiger partial charge in [-0.15, -0.1) is 0 Å². The largest absolute Gasteiger partial charge is 0.361 e. The van der Waals surface area contributed by atoms with Crippen LogP contribution in [-0.4, -0.2) is 35.6 Å². The van der Waals surface area contributed by atoms with Gasteiger partial charge in [0, 0.05) is 41.3 Å². The maximum absolute atomic E-state index is 6.05. The standard InChI is InChI=1S/C16H20ClN3/c1-10-15-7-18-5-11(15)8-20(10)9-12-6-19-16-4-13(17)2-3-14(12)16/h2-4,6,10-11,15,18-19H,5,7-9H2,1H3. The van der Waals surface area contributed by atoms with E-state index in [2.05, 4.69) is 34.4 Å². The smallest absolute Gasteiger partial charge is 0.0472 e. The first-order chi connectivity index (χ1) is 9.72. The molecule has 0 radical (unpaired) electrons. The van der Waals surface area contributed by atoms with Gasteiger partial charge in [-0.05, 0) is 49.5 Å². The fourth-order valence-corrected chi connectivity index (χ4v) is 4.14. The van der Waals surface area contributed by atoms with E-state index in [0.29, 0.717) is 6.04 Å². The Labute approximate surface area is 124 Å². The van der Waals surface area contributed by atoms with Gasteiger partial charge >= 0.3 is 0 Å². The molecule has 2 aliphatic rings. The Morgan fingerprint density at radius 1 is 1.35 bits per heavy atom. The number of benzene rings is 1. The third-order valence-corrected chi connectivity index (χ3v) is 5.39. The average Bonchev–Trinajstić information content (AvgIpc) is 3.09. The maximum Gasteiger partial charge on any atom is 0.0472 e. The lowest BCUT2D eigenvalue weighted by Crippen LogP contribution is -2.32. The summed E-state index contributed by atoms with van der Waals surface area (Å²) in [6, 6.07) is 6.79. The van der Waals surface area contributed by atoms with E-state index >= 15 is 0 Å². The molecule has 4 rings (SSSR count). The number of halogens is 1. The van der Waals surface area contributed by atoms with Crippen molar-refractivity contribution in [3.05, 3.63) is 35.0 Å². The lowest BCUT2D eigenvalue weighted by molar-refractivity contribution is 0.232. The quantitative estimate of drug-likeness (QED) is 0.891. The molecule has 2 aromatic rings. The summed E-state index contributed by atoms with van der Waals surface area (Å²) >= 11 is 6.05. The van der Waals surface area contributed by atoms with Crippen LogP contribution in [0.3, 0.4) is 0 Å². The average molecular weight is 290 g/mol. The van der Waals surface area contributed by atoms with Crippen molar-refractivity contribution in [2.24, 2.45) is 11.8 Å². The van der Waals surface area contributed by atoms with Crippen LogP contribution in [0.25, 0.3) is 10.9 Å². The molecule has 0 bridgehead atoms. The SMILES string of the molecule is CC1C2CNCC2CN1Cc1c[nH]c2cc(Cl)ccc12. The second-order valence-electron chi connectivity index (χ2n) is 6.26. The highest BCUT2D eigenvalue weighted by molar-refractivity contribution is 6.31. The molecular weight excluding hydrogens is 270 g/mol. The highest BCUT2D eigenvalue weighted by Gasteiger charge is 2.41. The zero-order valence-corrected chi connectivity index (χ0v) is 12.5. The third kappa shape index (κ3) is 1.96. The van der Waals surface area contributed by atoms with E-state index in [1.165, 1.54) is 30.6 Å². The zero-order valence-electron chi connectivity index (χ0n) is 11.7. The summed E-state index contributed by atoms with van der Waals surface area (Å²) in [6.07, 6.45) is 2.14. The highest BCUT2D eigenvalue weighted by atomic mass is 35.5. The van der Waals surface area contributed by atoms with Crippen molar-refractivity contribution in [3.63, 3.8) is 0 Å². The summed E-state index contributed by atoms with van der Waals surface area (Å²) in [4.78, 5) is 5.98. The van der Waals surface area contributed by atoms with Gasteiger partial charge in [0.15, 0.2) is 0 Å². The molecule has 0 spiro atoms. The Morgan fingerprint density at radius 2 is 2.25 bits per heavy atom. The van der Waals surface area contributed by atoms with Crippen LogP contribution in [0, 0.1) is 11.8 Å². The second kappa shape index (κ2) is 4.76. The Bertz CT molecular complexity index is 636. The molecule has 2 N–H and O–H groups in total. The van der Waals surface area contributed by atoms with Gasteiger partial charge < -0.3 is 10.3 Å². The minimum atomic E-state index is 0.673. The van der Waals surface area contributed by atoms with Crippen molar-refractivity contribution >= 4 is 22.5 Å². The van der Waals surface area contributed by atoms with Crippen LogP contribution in [-0.2, 0) is 6.54 Å². The fraction of sp³-hybridized carbons (Fsp3) is 0.500. The van der Waals surface area contributed by atoms with Gasteiger partial charge in [-0.2, -0.15) is 0 Å². The molecule has 0 aliphatic carbocycles. The zero-order chi connectivity index (χ0) is 13.7. The molecule has 3 nitrogen and oxygen atoms in total. The second-order valence-corrected chi connectivity index (χ2v) is 6.69. The minimum absolute atomic E-state index is 0.673. The third-order valence-electron chi connectivity index (χ3n) is 5.16. The Balaban J connectivity index is 1.59. The monoisotopic (exact) mass is 289 g/mol. The van der Waals surface area contributed by atoms with E-state index in [4.69, 9.17) is 11.6 Å². The molecule has 1 aromatic heterocycles. The predicted molar refractivity (Wildman–Crippen MR) is 83.0 cm³/mol. The molecule has 3 unspecified atom stereocenters. The van der Waals surface area contributed by atoms with Gasteiger partial charge in [0.1, 0.15) is 0 Å². The molecular formula is C16H20ClN3. The van der Waals surface area contributed by atoms with Crippen molar-refractivity contribution in [1.82, 2.24) is 15.2 Å². The number of rotatable bonds is 2. The number of aromatic nitrogens is 1. The molecule has 0 amide bonds. The topological polar surface area (TPSA) is 31.1 Å². The van der Waals surface area contributed by atoms with Gasteiger partial charge in [-0.3, -0.25) is 4.90 Å². The van der Waals surface area contributed by atoms with Crippen molar-refractivity contribution in [2.75, 3.05) is 19.6 Å². The van der Waals surface area contributed by atoms with E-state index in [-0.39, 0.29) is 0 Å². The number of hydrogen-bond donors (Lipinski definition) is 2. The van der Waals surface area contributed by atoms with E-state index in [1.54, 1.807) is 0 Å². The van der Waals surface area contributed by atoms with Crippen LogP contribution in [0.1, 0.15) is 12.5 Å². The molecule has 3 heterocycles. The fourth-order valence-electron chi connectivity index (χ4n) is 3.97. The van der Waals surface area contributed by atoms with Crippen molar-refractivity contribution in [1.29, 1.82) is 0 Å². The number of hydrogen-bond acceptors (Lipinski definition) is 2. The number of nitrogens with one attached hydrogen (secondary N) is 2. The molecule has 0 saturated carbocycles. The minimum Gasteiger partial charge on any atom is -0.361 e. The number of fused-ring (bicyclic) bond motifs is 2. The summed E-state index contributed by atoms with van der Waals surface area (Å²) in [5.41, 5.74) is 2.53. The lowest BCUT2D eigenvalue weighted by atomic mass is 9.95. The summed E-state index contributed by atoms with van der Waals surface area (Å²) < 4.78 is 0. The van der Waals surface area contributed by atoms with Gasteiger partial charge in [0.05, 0.1) is 0 Å². The Morgan fingerprint density at radius 3 is 3.10 bits per heavy atom. The molecule has 106 valence electrons. The van der Waals surface area contributed by atoms with Crippen LogP contribution in [0.15, 0.2) is 24.4 Å². The maximum atomic E-state index is 6.05. The van der Waals surface area contributed by atoms with Crippen LogP contribution >= 0.6 is 11.6 Å². The molecule has 4 heteroatoms. The van der Waals surface area contributed by atoms with Gasteiger partial charge in [0.2, 0.25) is 0 Å². The summed E-state index contributed by atoms with van der Waals surface area (Å²) in [6.45, 7) is 7.01. The van der Waals surface area contributed by atoms with Crippen LogP contribution in [0.2, 0.25) is 5.02 Å². The van der Waals surface area contributed by atoms with Crippen molar-refractivity contribution in [3.8, 4) is 0 Å². The van der Waals surface area contributed by atoms with Gasteiger partial charge in [-0.1, -0.05) is 17.7 Å². The predicted octanol–water partition coefficient (Wildman–Crippen LogP) is 2.86. The van der Waals surface area contributed by atoms with E-state index < -0.39 is 0 Å². The van der Waals surface area contributed by atoms with E-state index in [0.717, 1.165) is 28.9 Å². The first-order valence-corrected chi connectivity index (χ1v) is 7.80. The first-order valence-electron chi connectivity index (χ1n) is 7.42. The summed E-state index contributed by atoms with van der Waals surface area (Å²) in [5.74, 6) is 1.67. The lowest BCUT2D eigenvalue weighted by Gasteiger charge is -2.23. The Kier molecular flexibility index (Phi) is 3.02. The molecule has 1 aromatic carbocycles. The van der Waals surface area contributed by atoms with E-state index in [1.807, 2.05) is 12.1 Å². The molecule has 2 saturated heterocycles. The Hall–Kier alpha value is -1.03. The summed E-state index contributed by atoms with van der Waals surface area (Å²) in [5, 5.41) is 5.62. The molecule has 3 atom stereocenters. The van der Waals surface area contributed by atoms with Crippen LogP contribution < -0.4 is 5.32 Å². The molecule has 20 heavy (non-hydrogen) atoms. The van der Waals surface area contributed by atoms with Crippen molar-refractivity contribution < 1.29 is 0 Å². The normalized spacial score (nSPS) is 30.2. The van der Waals surface area contributed by atoms with Crippen molar-refractivity contribution in [2.45, 2.75) is 19.5 Å². The first kappa shape index (κ1) is 12.7. The summed E-state index contributed by atoms with van der Waals surface area (Å²) in [7, 11) is 0. The van der Waals surface area contributed by atoms with Gasteiger partial charge in [-0.25, -0.2) is 0 Å². The highest BCUT2D eigenvalue weighted by Crippen LogP contribution is 2.34. The molecule has 2 fully saturated rings. The number of likely N-dealkylation sites (tertiary alicyclic amines) is 1. The number of nitrogens with zero attached hydrogens (tertiary/aromatic N) is 1. The van der Waals surface area contributed by atoms with Crippen LogP contribution in [0.5, 0.6) is 0 Å². The number of H-pyrrole nitrogens is 1. The molecule has 2 aliphatic heterocycles. The number of aromatic amines is 1. The van der Waals surface area contributed by atoms with Gasteiger partial charge in [0.25, 0.3) is 0 Å². The van der Waals surface area contributed by atoms with Crippen LogP contribution in [0.4, 0.5) is 0 Å².